The van der Waals surface area contributed by atoms with Gasteiger partial charge in [0.2, 0.25) is 0 Å². The molecule has 77 heavy (non-hydrogen) atoms. The molecule has 0 aromatic carbocycles. The third kappa shape index (κ3) is 70.6. The number of unbranched alkanes of at least 4 members (excludes halogenated alkanes) is 44. The molecular formula is C68H130O8Zn. The first-order valence-electron chi connectivity index (χ1n) is 34.0. The van der Waals surface area contributed by atoms with Gasteiger partial charge in [-0.15, -0.1) is 0 Å². The van der Waals surface area contributed by atoms with Crippen LogP contribution >= 0.6 is 0 Å². The van der Waals surface area contributed by atoms with Crippen LogP contribution in [0.3, 0.4) is 0 Å². The summed E-state index contributed by atoms with van der Waals surface area (Å²) in [6.07, 6.45) is 67.0. The van der Waals surface area contributed by atoms with Crippen molar-refractivity contribution in [1.29, 1.82) is 0 Å². The largest absolute Gasteiger partial charge is 2.00 e. The topological polar surface area (TPSA) is 133 Å². The number of esters is 2. The number of ether oxygens (including phenoxy) is 2. The van der Waals surface area contributed by atoms with Gasteiger partial charge in [-0.3, -0.25) is 9.59 Å². The molecule has 2 atom stereocenters. The predicted molar refractivity (Wildman–Crippen MR) is 320 cm³/mol. The Morgan fingerprint density at radius 1 is 0.247 bits per heavy atom. The van der Waals surface area contributed by atoms with Gasteiger partial charge in [0, 0.05) is 24.8 Å². The van der Waals surface area contributed by atoms with Crippen molar-refractivity contribution in [2.24, 2.45) is 0 Å². The fraction of sp³-hybridized carbons (Fsp3) is 0.941. The Kier molecular flexibility index (Phi) is 71.2. The minimum atomic E-state index is -0.990. The number of hydrogen-bond acceptors (Lipinski definition) is 8. The predicted octanol–water partition coefficient (Wildman–Crippen LogP) is 20.0. The molecule has 0 N–H and O–H groups in total. The summed E-state index contributed by atoms with van der Waals surface area (Å²) < 4.78 is 11.7. The maximum atomic E-state index is 12.5. The molecule has 8 nitrogen and oxygen atoms in total. The molecule has 9 heteroatoms. The van der Waals surface area contributed by atoms with Crippen molar-refractivity contribution in [1.82, 2.24) is 0 Å². The second kappa shape index (κ2) is 68.8. The van der Waals surface area contributed by atoms with Crippen LogP contribution in [0.4, 0.5) is 0 Å². The van der Waals surface area contributed by atoms with Crippen molar-refractivity contribution in [2.45, 2.75) is 412 Å². The Balaban J connectivity index is -0.00000140. The Morgan fingerprint density at radius 2 is 0.403 bits per heavy atom. The zero-order chi connectivity index (χ0) is 55.9. The molecule has 0 amide bonds. The molecule has 0 aliphatic heterocycles. The molecule has 0 radical (unpaired) electrons. The maximum absolute atomic E-state index is 12.5. The van der Waals surface area contributed by atoms with Gasteiger partial charge in [-0.05, 0) is 89.9 Å². The molecule has 0 bridgehead atoms. The van der Waals surface area contributed by atoms with Gasteiger partial charge in [0.05, 0.1) is 0 Å². The summed E-state index contributed by atoms with van der Waals surface area (Å²) in [5.41, 5.74) is 0. The van der Waals surface area contributed by atoms with Crippen LogP contribution in [-0.2, 0) is 48.1 Å². The van der Waals surface area contributed by atoms with Crippen LogP contribution in [0.25, 0.3) is 0 Å². The smallest absolute Gasteiger partial charge is 0.550 e. The van der Waals surface area contributed by atoms with E-state index in [4.69, 9.17) is 9.47 Å². The fourth-order valence-electron chi connectivity index (χ4n) is 10.6. The summed E-state index contributed by atoms with van der Waals surface area (Å²) in [5.74, 6) is -2.11. The van der Waals surface area contributed by atoms with E-state index in [-0.39, 0.29) is 56.5 Å². The first kappa shape index (κ1) is 79.7. The van der Waals surface area contributed by atoms with Gasteiger partial charge in [0.25, 0.3) is 0 Å². The molecule has 0 aromatic heterocycles. The van der Waals surface area contributed by atoms with E-state index in [1.165, 1.54) is 257 Å². The third-order valence-electron chi connectivity index (χ3n) is 15.6. The minimum Gasteiger partial charge on any atom is -0.550 e. The van der Waals surface area contributed by atoms with Crippen LogP contribution in [0.1, 0.15) is 400 Å². The van der Waals surface area contributed by atoms with Crippen LogP contribution in [0, 0.1) is 0 Å². The Morgan fingerprint density at radius 3 is 0.597 bits per heavy atom. The van der Waals surface area contributed by atoms with E-state index >= 15 is 0 Å². The van der Waals surface area contributed by atoms with Gasteiger partial charge in [-0.25, -0.2) is 0 Å². The molecule has 0 aliphatic rings. The molecule has 0 saturated heterocycles. The van der Waals surface area contributed by atoms with E-state index in [1.54, 1.807) is 0 Å². The summed E-state index contributed by atoms with van der Waals surface area (Å²) in [4.78, 5) is 46.3. The number of aliphatic carboxylic acids is 2. The second-order valence-corrected chi connectivity index (χ2v) is 23.4. The van der Waals surface area contributed by atoms with Gasteiger partial charge < -0.3 is 29.3 Å². The van der Waals surface area contributed by atoms with Gasteiger partial charge in [0.15, 0.2) is 0 Å². The normalized spacial score (nSPS) is 11.9. The zero-order valence-corrected chi connectivity index (χ0v) is 55.1. The van der Waals surface area contributed by atoms with Crippen LogP contribution in [0.2, 0.25) is 0 Å². The summed E-state index contributed by atoms with van der Waals surface area (Å²) in [6.45, 7) is 9.05. The molecule has 0 fully saturated rings. The van der Waals surface area contributed by atoms with Gasteiger partial charge in [-0.1, -0.05) is 297 Å². The first-order chi connectivity index (χ1) is 37.2. The molecule has 0 aliphatic carbocycles. The monoisotopic (exact) mass is 1140 g/mol. The van der Waals surface area contributed by atoms with E-state index in [2.05, 4.69) is 27.7 Å². The first-order valence-corrected chi connectivity index (χ1v) is 34.0. The van der Waals surface area contributed by atoms with E-state index in [0.717, 1.165) is 77.0 Å². The third-order valence-corrected chi connectivity index (χ3v) is 15.6. The number of hydrogen-bond donors (Lipinski definition) is 0. The average Bonchev–Trinajstić information content (AvgIpc) is 3.40. The van der Waals surface area contributed by atoms with Crippen molar-refractivity contribution in [3.63, 3.8) is 0 Å². The van der Waals surface area contributed by atoms with Crippen molar-refractivity contribution in [3.8, 4) is 0 Å². The number of carbonyl (C=O) groups is 4. The van der Waals surface area contributed by atoms with Crippen molar-refractivity contribution in [3.05, 3.63) is 0 Å². The SMILES string of the molecule is CCCCCCCCCCCCCCCC(=O)OC(CCCCCCCCCCCC)CCCCC(=O)[O-].CCCCCCCCCCCCCCCC(=O)OC(CCCCCCCCCCCC)CCCCC(=O)[O-].[Zn+2]. The van der Waals surface area contributed by atoms with Crippen LogP contribution < -0.4 is 10.2 Å². The summed E-state index contributed by atoms with van der Waals surface area (Å²) in [7, 11) is 0. The molecular weight excluding hydrogens is 1010 g/mol. The molecule has 2 unspecified atom stereocenters. The molecule has 0 heterocycles. The fourth-order valence-corrected chi connectivity index (χ4v) is 10.6. The second-order valence-electron chi connectivity index (χ2n) is 23.4. The van der Waals surface area contributed by atoms with E-state index < -0.39 is 11.9 Å². The zero-order valence-electron chi connectivity index (χ0n) is 52.1. The van der Waals surface area contributed by atoms with Gasteiger partial charge in [-0.2, -0.15) is 0 Å². The van der Waals surface area contributed by atoms with Crippen LogP contribution in [0.15, 0.2) is 0 Å². The summed E-state index contributed by atoms with van der Waals surface area (Å²) in [6, 6.07) is 0. The molecule has 0 aromatic rings. The number of carboxylic acids is 2. The van der Waals surface area contributed by atoms with Crippen LogP contribution in [-0.4, -0.2) is 36.1 Å². The van der Waals surface area contributed by atoms with Crippen molar-refractivity contribution < 1.29 is 58.3 Å². The van der Waals surface area contributed by atoms with E-state index in [9.17, 15) is 29.4 Å². The Labute approximate surface area is 492 Å². The number of carbonyl (C=O) groups excluding carboxylic acids is 4. The Bertz CT molecular complexity index is 1110. The molecule has 0 rings (SSSR count). The van der Waals surface area contributed by atoms with Gasteiger partial charge in [0.1, 0.15) is 12.2 Å². The van der Waals surface area contributed by atoms with E-state index in [0.29, 0.717) is 25.7 Å². The Hall–Kier alpha value is -1.50. The van der Waals surface area contributed by atoms with E-state index in [1.807, 2.05) is 0 Å². The number of rotatable bonds is 62. The van der Waals surface area contributed by atoms with Gasteiger partial charge >= 0.3 is 31.4 Å². The van der Waals surface area contributed by atoms with Crippen LogP contribution in [0.5, 0.6) is 0 Å². The molecule has 0 saturated carbocycles. The average molecular weight is 1140 g/mol. The summed E-state index contributed by atoms with van der Waals surface area (Å²) >= 11 is 0. The molecule has 452 valence electrons. The quantitative estimate of drug-likeness (QED) is 0.0334. The maximum Gasteiger partial charge on any atom is 2.00 e. The summed E-state index contributed by atoms with van der Waals surface area (Å²) in [5, 5.41) is 21.4. The molecule has 0 spiro atoms. The van der Waals surface area contributed by atoms with Crippen molar-refractivity contribution >= 4 is 23.9 Å². The number of carboxylic acid groups (broad SMARTS) is 2. The minimum absolute atomic E-state index is 0. The van der Waals surface area contributed by atoms with Crippen molar-refractivity contribution in [2.75, 3.05) is 0 Å². The standard InChI is InChI=1S/2C34H66O4.Zn/c2*1-3-5-7-9-11-13-15-16-17-19-21-23-25-31-34(37)38-32(29-26-27-30-33(35)36)28-24-22-20-18-14-12-10-8-6-4-2;/h2*32H,3-31H2,1-2H3,(H,35,36);/q;;+2/p-2.